The van der Waals surface area contributed by atoms with E-state index in [0.29, 0.717) is 13.0 Å². The number of rotatable bonds is 4. The summed E-state index contributed by atoms with van der Waals surface area (Å²) >= 11 is 0. The van der Waals surface area contributed by atoms with Crippen LogP contribution in [0.2, 0.25) is 0 Å². The normalized spacial score (nSPS) is 15.5. The quantitative estimate of drug-likeness (QED) is 0.743. The molecule has 0 radical (unpaired) electrons. The molecule has 0 aliphatic heterocycles. The maximum atomic E-state index is 11.7. The molecule has 0 saturated heterocycles. The number of carbonyl (C=O) groups excluding carboxylic acids is 1. The molecule has 1 aliphatic carbocycles. The number of carbonyl (C=O) groups is 1. The third-order valence-corrected chi connectivity index (χ3v) is 2.99. The second-order valence-electron chi connectivity index (χ2n) is 4.12. The molecule has 1 aromatic rings. The highest BCUT2D eigenvalue weighted by atomic mass is 16.1. The van der Waals surface area contributed by atoms with Crippen molar-refractivity contribution in [2.75, 3.05) is 0 Å². The van der Waals surface area contributed by atoms with Gasteiger partial charge in [0, 0.05) is 12.1 Å². The van der Waals surface area contributed by atoms with Gasteiger partial charge in [0.1, 0.15) is 0 Å². The highest BCUT2D eigenvalue weighted by Gasteiger charge is 2.21. The molecule has 17 heavy (non-hydrogen) atoms. The van der Waals surface area contributed by atoms with Gasteiger partial charge in [-0.25, -0.2) is 0 Å². The number of hydrogen-bond acceptors (Lipinski definition) is 2. The number of ketones is 1. The van der Waals surface area contributed by atoms with Crippen LogP contribution in [0.25, 0.3) is 0 Å². The monoisotopic (exact) mass is 228 g/mol. The molecule has 0 fully saturated rings. The fourth-order valence-electron chi connectivity index (χ4n) is 2.10. The van der Waals surface area contributed by atoms with E-state index in [0.717, 1.165) is 29.7 Å². The Hall–Kier alpha value is -1.90. The van der Waals surface area contributed by atoms with Crippen molar-refractivity contribution in [1.29, 1.82) is 0 Å². The molecule has 0 bridgehead atoms. The minimum absolute atomic E-state index is 0.213. The van der Waals surface area contributed by atoms with Gasteiger partial charge in [-0.15, -0.1) is 0 Å². The predicted molar refractivity (Wildman–Crippen MR) is 68.0 cm³/mol. The van der Waals surface area contributed by atoms with Crippen LogP contribution in [0.1, 0.15) is 28.9 Å². The minimum atomic E-state index is 0.213. The summed E-state index contributed by atoms with van der Waals surface area (Å²) in [6, 6.07) is 0. The van der Waals surface area contributed by atoms with Gasteiger partial charge in [-0.2, -0.15) is 5.10 Å². The van der Waals surface area contributed by atoms with Crippen LogP contribution in [0.15, 0.2) is 43.2 Å². The van der Waals surface area contributed by atoms with Crippen LogP contribution in [-0.2, 0) is 13.0 Å². The zero-order valence-corrected chi connectivity index (χ0v) is 9.85. The molecule has 0 aromatic carbocycles. The molecule has 0 saturated carbocycles. The van der Waals surface area contributed by atoms with Crippen molar-refractivity contribution in [2.24, 2.45) is 0 Å². The fraction of sp³-hybridized carbons (Fsp3) is 0.286. The first-order chi connectivity index (χ1) is 8.26. The second kappa shape index (κ2) is 4.95. The Morgan fingerprint density at radius 2 is 2.29 bits per heavy atom. The smallest absolute Gasteiger partial charge is 0.166 e. The van der Waals surface area contributed by atoms with Gasteiger partial charge in [0.2, 0.25) is 0 Å². The zero-order chi connectivity index (χ0) is 12.3. The van der Waals surface area contributed by atoms with E-state index in [9.17, 15) is 4.79 Å². The van der Waals surface area contributed by atoms with Crippen LogP contribution in [0, 0.1) is 0 Å². The Morgan fingerprint density at radius 1 is 1.47 bits per heavy atom. The summed E-state index contributed by atoms with van der Waals surface area (Å²) < 4.78 is 1.89. The Kier molecular flexibility index (Phi) is 3.38. The van der Waals surface area contributed by atoms with Crippen LogP contribution in [-0.4, -0.2) is 15.6 Å². The first kappa shape index (κ1) is 11.6. The van der Waals surface area contributed by atoms with Crippen LogP contribution in [0.5, 0.6) is 0 Å². The zero-order valence-electron chi connectivity index (χ0n) is 9.85. The maximum Gasteiger partial charge on any atom is 0.166 e. The Morgan fingerprint density at radius 3 is 3.00 bits per heavy atom. The van der Waals surface area contributed by atoms with E-state index < -0.39 is 0 Å². The summed E-state index contributed by atoms with van der Waals surface area (Å²) in [5.74, 6) is 0.213. The Bertz CT molecular complexity index is 494. The van der Waals surface area contributed by atoms with Gasteiger partial charge in [-0.3, -0.25) is 9.48 Å². The summed E-state index contributed by atoms with van der Waals surface area (Å²) in [6.45, 7) is 8.08. The molecule has 1 aliphatic rings. The van der Waals surface area contributed by atoms with Crippen molar-refractivity contribution in [1.82, 2.24) is 9.78 Å². The lowest BCUT2D eigenvalue weighted by molar-refractivity contribution is 0.0972. The molecule has 0 amide bonds. The van der Waals surface area contributed by atoms with Gasteiger partial charge in [-0.05, 0) is 18.4 Å². The van der Waals surface area contributed by atoms with Crippen molar-refractivity contribution in [3.8, 4) is 0 Å². The molecule has 88 valence electrons. The van der Waals surface area contributed by atoms with Gasteiger partial charge in [0.15, 0.2) is 5.78 Å². The summed E-state index contributed by atoms with van der Waals surface area (Å²) in [6.07, 6.45) is 9.62. The summed E-state index contributed by atoms with van der Waals surface area (Å²) in [5.41, 5.74) is 2.89. The van der Waals surface area contributed by atoms with Gasteiger partial charge in [0.25, 0.3) is 0 Å². The van der Waals surface area contributed by atoms with Gasteiger partial charge in [-0.1, -0.05) is 31.4 Å². The first-order valence-corrected chi connectivity index (χ1v) is 5.78. The van der Waals surface area contributed by atoms with E-state index in [2.05, 4.69) is 18.3 Å². The van der Waals surface area contributed by atoms with E-state index in [1.165, 1.54) is 0 Å². The highest BCUT2D eigenvalue weighted by molar-refractivity contribution is 5.97. The summed E-state index contributed by atoms with van der Waals surface area (Å²) in [5, 5.41) is 4.29. The lowest BCUT2D eigenvalue weighted by Crippen LogP contribution is -2.14. The standard InChI is InChI=1S/C14H16N2O/c1-3-6-11(4-2)10-16-13-7-5-8-14(17)12(13)9-15-16/h3-4,6,9H,1-2,5,7-8,10H2/b11-6+. The molecule has 3 heteroatoms. The van der Waals surface area contributed by atoms with Gasteiger partial charge >= 0.3 is 0 Å². The average molecular weight is 228 g/mol. The molecule has 0 spiro atoms. The van der Waals surface area contributed by atoms with Crippen molar-refractivity contribution < 1.29 is 4.79 Å². The molecule has 0 unspecified atom stereocenters. The Labute approximate surface area is 101 Å². The average Bonchev–Trinajstić information content (AvgIpc) is 2.73. The first-order valence-electron chi connectivity index (χ1n) is 5.78. The highest BCUT2D eigenvalue weighted by Crippen LogP contribution is 2.21. The second-order valence-corrected chi connectivity index (χ2v) is 4.12. The van der Waals surface area contributed by atoms with Crippen LogP contribution >= 0.6 is 0 Å². The van der Waals surface area contributed by atoms with Crippen LogP contribution in [0.4, 0.5) is 0 Å². The number of hydrogen-bond donors (Lipinski definition) is 0. The third kappa shape index (κ3) is 2.28. The number of fused-ring (bicyclic) bond motifs is 1. The molecular weight excluding hydrogens is 212 g/mol. The van der Waals surface area contributed by atoms with Crippen LogP contribution < -0.4 is 0 Å². The lowest BCUT2D eigenvalue weighted by Gasteiger charge is -2.13. The fourth-order valence-corrected chi connectivity index (χ4v) is 2.10. The van der Waals surface area contributed by atoms with Crippen LogP contribution in [0.3, 0.4) is 0 Å². The largest absolute Gasteiger partial charge is 0.294 e. The number of allylic oxidation sites excluding steroid dienone is 4. The van der Waals surface area contributed by atoms with E-state index >= 15 is 0 Å². The van der Waals surface area contributed by atoms with E-state index in [-0.39, 0.29) is 5.78 Å². The molecule has 1 heterocycles. The summed E-state index contributed by atoms with van der Waals surface area (Å²) in [4.78, 5) is 11.7. The van der Waals surface area contributed by atoms with Crippen molar-refractivity contribution >= 4 is 5.78 Å². The van der Waals surface area contributed by atoms with Gasteiger partial charge in [0.05, 0.1) is 18.3 Å². The number of Topliss-reactive ketones (excluding diaryl/α,β-unsaturated/α-hetero) is 1. The molecular formula is C14H16N2O. The third-order valence-electron chi connectivity index (χ3n) is 2.99. The van der Waals surface area contributed by atoms with E-state index in [4.69, 9.17) is 0 Å². The molecule has 0 atom stereocenters. The minimum Gasteiger partial charge on any atom is -0.294 e. The van der Waals surface area contributed by atoms with Crippen molar-refractivity contribution in [3.05, 3.63) is 54.4 Å². The molecule has 1 aromatic heterocycles. The maximum absolute atomic E-state index is 11.7. The van der Waals surface area contributed by atoms with Gasteiger partial charge < -0.3 is 0 Å². The predicted octanol–water partition coefficient (Wildman–Crippen LogP) is 2.70. The number of nitrogens with zero attached hydrogens (tertiary/aromatic N) is 2. The van der Waals surface area contributed by atoms with Crippen molar-refractivity contribution in [3.63, 3.8) is 0 Å². The Balaban J connectivity index is 2.28. The molecule has 2 rings (SSSR count). The molecule has 3 nitrogen and oxygen atoms in total. The SMILES string of the molecule is C=C/C=C(\C=C)Cn1ncc2c1CCCC2=O. The van der Waals surface area contributed by atoms with E-state index in [1.54, 1.807) is 18.3 Å². The lowest BCUT2D eigenvalue weighted by atomic mass is 9.97. The topological polar surface area (TPSA) is 34.9 Å². The van der Waals surface area contributed by atoms with Crippen molar-refractivity contribution in [2.45, 2.75) is 25.8 Å². The summed E-state index contributed by atoms with van der Waals surface area (Å²) in [7, 11) is 0. The molecule has 0 N–H and O–H groups in total. The number of aromatic nitrogens is 2. The van der Waals surface area contributed by atoms with E-state index in [1.807, 2.05) is 10.8 Å².